The third-order valence-corrected chi connectivity index (χ3v) is 6.01. The summed E-state index contributed by atoms with van der Waals surface area (Å²) in [5.74, 6) is 0.599. The number of rotatable bonds is 6. The highest BCUT2D eigenvalue weighted by Gasteiger charge is 2.27. The zero-order valence-electron chi connectivity index (χ0n) is 12.7. The lowest BCUT2D eigenvalue weighted by Crippen LogP contribution is -2.38. The van der Waals surface area contributed by atoms with E-state index in [1.165, 1.54) is 24.5 Å². The molecule has 0 bridgehead atoms. The van der Waals surface area contributed by atoms with Gasteiger partial charge in [0, 0.05) is 11.4 Å². The van der Waals surface area contributed by atoms with E-state index in [-0.39, 0.29) is 11.4 Å². The van der Waals surface area contributed by atoms with Crippen LogP contribution in [0.4, 0.5) is 0 Å². The van der Waals surface area contributed by atoms with Crippen LogP contribution in [0.2, 0.25) is 0 Å². The second-order valence-corrected chi connectivity index (χ2v) is 7.89. The van der Waals surface area contributed by atoms with Gasteiger partial charge in [-0.3, -0.25) is 0 Å². The topological polar surface area (TPSA) is 75.6 Å². The van der Waals surface area contributed by atoms with Crippen molar-refractivity contribution in [2.24, 2.45) is 0 Å². The minimum absolute atomic E-state index is 0.0959. The molecule has 0 amide bonds. The number of nitrogens with one attached hydrogen (secondary N) is 1. The van der Waals surface area contributed by atoms with Crippen LogP contribution in [0, 0.1) is 6.92 Å². The molecule has 2 N–H and O–H groups in total. The van der Waals surface area contributed by atoms with Crippen LogP contribution in [0.15, 0.2) is 40.6 Å². The van der Waals surface area contributed by atoms with E-state index < -0.39 is 15.6 Å². The number of methoxy groups -OCH3 is 1. The lowest BCUT2D eigenvalue weighted by Gasteiger charge is -2.22. The molecule has 1 unspecified atom stereocenters. The van der Waals surface area contributed by atoms with Crippen molar-refractivity contribution in [3.05, 3.63) is 46.2 Å². The standard InChI is InChI=1S/C15H19NO4S2/c1-11-9-12(20-3)6-7-13(11)22(18,19)16-10-15(2,17)14-5-4-8-21-14/h4-9,16-17H,10H2,1-3H3. The summed E-state index contributed by atoms with van der Waals surface area (Å²) in [6.45, 7) is 3.19. The molecule has 1 aromatic carbocycles. The van der Waals surface area contributed by atoms with Gasteiger partial charge in [-0.25, -0.2) is 13.1 Å². The quantitative estimate of drug-likeness (QED) is 0.845. The van der Waals surface area contributed by atoms with Crippen LogP contribution < -0.4 is 9.46 Å². The molecule has 0 fully saturated rings. The number of hydrogen-bond donors (Lipinski definition) is 2. The summed E-state index contributed by atoms with van der Waals surface area (Å²) < 4.78 is 32.4. The average Bonchev–Trinajstić information content (AvgIpc) is 3.00. The molecule has 0 aliphatic rings. The third-order valence-electron chi connectivity index (χ3n) is 3.33. The van der Waals surface area contributed by atoms with Gasteiger partial charge in [-0.2, -0.15) is 0 Å². The molecule has 0 saturated heterocycles. The number of benzene rings is 1. The minimum atomic E-state index is -3.70. The fourth-order valence-electron chi connectivity index (χ4n) is 2.04. The van der Waals surface area contributed by atoms with Crippen LogP contribution in [-0.4, -0.2) is 27.2 Å². The fraction of sp³-hybridized carbons (Fsp3) is 0.333. The van der Waals surface area contributed by atoms with Crippen molar-refractivity contribution in [1.29, 1.82) is 0 Å². The molecular formula is C15H19NO4S2. The summed E-state index contributed by atoms with van der Waals surface area (Å²) in [7, 11) is -2.17. The molecule has 2 rings (SSSR count). The van der Waals surface area contributed by atoms with Gasteiger partial charge in [-0.1, -0.05) is 6.07 Å². The Morgan fingerprint density at radius 2 is 2.09 bits per heavy atom. The highest BCUT2D eigenvalue weighted by molar-refractivity contribution is 7.89. The van der Waals surface area contributed by atoms with Gasteiger partial charge in [-0.15, -0.1) is 11.3 Å². The van der Waals surface area contributed by atoms with Gasteiger partial charge in [0.15, 0.2) is 0 Å². The van der Waals surface area contributed by atoms with Crippen LogP contribution in [0.25, 0.3) is 0 Å². The van der Waals surface area contributed by atoms with E-state index in [4.69, 9.17) is 4.74 Å². The maximum absolute atomic E-state index is 12.4. The van der Waals surface area contributed by atoms with E-state index in [0.717, 1.165) is 0 Å². The molecule has 1 aromatic heterocycles. The Morgan fingerprint density at radius 3 is 2.64 bits per heavy atom. The van der Waals surface area contributed by atoms with Crippen LogP contribution >= 0.6 is 11.3 Å². The summed E-state index contributed by atoms with van der Waals surface area (Å²) in [5, 5.41) is 12.2. The van der Waals surface area contributed by atoms with Crippen molar-refractivity contribution < 1.29 is 18.3 Å². The van der Waals surface area contributed by atoms with Crippen LogP contribution in [0.3, 0.4) is 0 Å². The lowest BCUT2D eigenvalue weighted by atomic mass is 10.1. The minimum Gasteiger partial charge on any atom is -0.497 e. The maximum atomic E-state index is 12.4. The Bertz CT molecular complexity index is 737. The molecule has 2 aromatic rings. The molecule has 0 radical (unpaired) electrons. The van der Waals surface area contributed by atoms with Crippen molar-refractivity contribution in [3.63, 3.8) is 0 Å². The number of hydrogen-bond acceptors (Lipinski definition) is 5. The Labute approximate surface area is 134 Å². The monoisotopic (exact) mass is 341 g/mol. The van der Waals surface area contributed by atoms with Crippen LogP contribution in [-0.2, 0) is 15.6 Å². The molecule has 22 heavy (non-hydrogen) atoms. The first-order valence-electron chi connectivity index (χ1n) is 6.67. The summed E-state index contributed by atoms with van der Waals surface area (Å²) in [5.41, 5.74) is -0.663. The van der Waals surface area contributed by atoms with Gasteiger partial charge in [0.2, 0.25) is 10.0 Å². The van der Waals surface area contributed by atoms with Crippen LogP contribution in [0.5, 0.6) is 5.75 Å². The van der Waals surface area contributed by atoms with E-state index in [2.05, 4.69) is 4.72 Å². The van der Waals surface area contributed by atoms with Crippen molar-refractivity contribution in [2.75, 3.05) is 13.7 Å². The first-order chi connectivity index (χ1) is 10.3. The van der Waals surface area contributed by atoms with Crippen LogP contribution in [0.1, 0.15) is 17.4 Å². The Morgan fingerprint density at radius 1 is 1.36 bits per heavy atom. The van der Waals surface area contributed by atoms with Gasteiger partial charge in [0.1, 0.15) is 11.4 Å². The highest BCUT2D eigenvalue weighted by atomic mass is 32.2. The smallest absolute Gasteiger partial charge is 0.240 e. The van der Waals surface area contributed by atoms with Gasteiger partial charge in [0.05, 0.1) is 12.0 Å². The van der Waals surface area contributed by atoms with Gasteiger partial charge >= 0.3 is 0 Å². The van der Waals surface area contributed by atoms with Crippen molar-refractivity contribution in [3.8, 4) is 5.75 Å². The first-order valence-corrected chi connectivity index (χ1v) is 9.03. The SMILES string of the molecule is COc1ccc(S(=O)(=O)NCC(C)(O)c2cccs2)c(C)c1. The molecule has 0 aliphatic heterocycles. The van der Waals surface area contributed by atoms with Crippen molar-refractivity contribution in [1.82, 2.24) is 4.72 Å². The second-order valence-electron chi connectivity index (χ2n) is 5.21. The average molecular weight is 341 g/mol. The fourth-order valence-corrected chi connectivity index (χ4v) is 4.18. The molecule has 0 saturated carbocycles. The maximum Gasteiger partial charge on any atom is 0.240 e. The van der Waals surface area contributed by atoms with E-state index in [9.17, 15) is 13.5 Å². The Hall–Kier alpha value is -1.41. The number of thiophene rings is 1. The summed E-state index contributed by atoms with van der Waals surface area (Å²) in [4.78, 5) is 0.886. The van der Waals surface area contributed by atoms with E-state index in [1.807, 2.05) is 11.4 Å². The lowest BCUT2D eigenvalue weighted by molar-refractivity contribution is 0.0666. The molecule has 1 heterocycles. The molecule has 1 atom stereocenters. The molecule has 120 valence electrons. The highest BCUT2D eigenvalue weighted by Crippen LogP contribution is 2.26. The van der Waals surface area contributed by atoms with Gasteiger partial charge in [-0.05, 0) is 49.1 Å². The number of sulfonamides is 1. The molecule has 0 spiro atoms. The summed E-state index contributed by atoms with van der Waals surface area (Å²) in [6, 6.07) is 8.34. The normalized spacial score (nSPS) is 14.5. The van der Waals surface area contributed by atoms with Gasteiger partial charge < -0.3 is 9.84 Å². The van der Waals surface area contributed by atoms with Gasteiger partial charge in [0.25, 0.3) is 0 Å². The zero-order valence-corrected chi connectivity index (χ0v) is 14.3. The zero-order chi connectivity index (χ0) is 16.4. The second kappa shape index (κ2) is 6.37. The van der Waals surface area contributed by atoms with E-state index in [1.54, 1.807) is 32.0 Å². The molecule has 5 nitrogen and oxygen atoms in total. The predicted molar refractivity (Wildman–Crippen MR) is 86.8 cm³/mol. The number of aryl methyl sites for hydroxylation is 1. The summed E-state index contributed by atoms with van der Waals surface area (Å²) >= 11 is 1.38. The predicted octanol–water partition coefficient (Wildman–Crippen LogP) is 2.25. The van der Waals surface area contributed by atoms with Crippen molar-refractivity contribution >= 4 is 21.4 Å². The largest absolute Gasteiger partial charge is 0.497 e. The molecule has 7 heteroatoms. The summed E-state index contributed by atoms with van der Waals surface area (Å²) in [6.07, 6.45) is 0. The third kappa shape index (κ3) is 3.67. The molecule has 0 aliphatic carbocycles. The van der Waals surface area contributed by atoms with E-state index >= 15 is 0 Å². The number of ether oxygens (including phenoxy) is 1. The van der Waals surface area contributed by atoms with E-state index in [0.29, 0.717) is 16.2 Å². The Balaban J connectivity index is 2.18. The number of aliphatic hydroxyl groups is 1. The Kier molecular flexibility index (Phi) is 4.91. The first kappa shape index (κ1) is 17.0. The van der Waals surface area contributed by atoms with Crippen molar-refractivity contribution in [2.45, 2.75) is 24.3 Å². The molecular weight excluding hydrogens is 322 g/mol.